The van der Waals surface area contributed by atoms with Gasteiger partial charge in [0.25, 0.3) is 0 Å². The highest BCUT2D eigenvalue weighted by Crippen LogP contribution is 2.28. The molecule has 10 heteroatoms. The van der Waals surface area contributed by atoms with Crippen LogP contribution in [0.3, 0.4) is 0 Å². The van der Waals surface area contributed by atoms with Crippen LogP contribution in [0.2, 0.25) is 0 Å². The minimum atomic E-state index is -0.467. The first-order valence-corrected chi connectivity index (χ1v) is 6.58. The highest BCUT2D eigenvalue weighted by Gasteiger charge is 2.55. The van der Waals surface area contributed by atoms with Crippen molar-refractivity contribution in [1.82, 2.24) is 20.0 Å². The molecule has 0 aromatic heterocycles. The monoisotopic (exact) mass is 320 g/mol. The summed E-state index contributed by atoms with van der Waals surface area (Å²) in [5, 5.41) is 2.74. The zero-order valence-electron chi connectivity index (χ0n) is 13.6. The first-order chi connectivity index (χ1) is 10.6. The largest absolute Gasteiger partial charge is 0.388 e. The van der Waals surface area contributed by atoms with E-state index in [1.54, 1.807) is 14.2 Å². The minimum absolute atomic E-state index is 0.0926. The third kappa shape index (κ3) is 3.58. The lowest BCUT2D eigenvalue weighted by molar-refractivity contribution is -0.00231. The van der Waals surface area contributed by atoms with E-state index in [-0.39, 0.29) is 32.3 Å². The van der Waals surface area contributed by atoms with Crippen LogP contribution in [0, 0.1) is 0 Å². The molecule has 0 aromatic carbocycles. The zero-order valence-corrected chi connectivity index (χ0v) is 13.6. The predicted octanol–water partition coefficient (Wildman–Crippen LogP) is -0.524. The lowest BCUT2D eigenvalue weighted by Crippen LogP contribution is -2.47. The van der Waals surface area contributed by atoms with E-state index in [9.17, 15) is 9.59 Å². The molecule has 0 bridgehead atoms. The number of methoxy groups -OCH3 is 4. The van der Waals surface area contributed by atoms with Crippen molar-refractivity contribution < 1.29 is 28.5 Å². The molecule has 22 heavy (non-hydrogen) atoms. The van der Waals surface area contributed by atoms with Crippen molar-refractivity contribution in [2.24, 2.45) is 0 Å². The molecule has 0 aliphatic carbocycles. The maximum absolute atomic E-state index is 12.2. The van der Waals surface area contributed by atoms with Gasteiger partial charge < -0.3 is 24.3 Å². The lowest BCUT2D eigenvalue weighted by Gasteiger charge is -2.27. The van der Waals surface area contributed by atoms with Crippen LogP contribution < -0.4 is 5.32 Å². The Morgan fingerprint density at radius 1 is 0.864 bits per heavy atom. The van der Waals surface area contributed by atoms with Crippen LogP contribution >= 0.6 is 0 Å². The molecule has 4 amide bonds. The van der Waals surface area contributed by atoms with E-state index in [1.165, 1.54) is 36.0 Å². The number of fused-ring (bicyclic) bond motifs is 1. The third-order valence-electron chi connectivity index (χ3n) is 3.09. The fourth-order valence-electron chi connectivity index (χ4n) is 2.37. The van der Waals surface area contributed by atoms with E-state index < -0.39 is 12.3 Å². The first kappa shape index (κ1) is 18.4. The second-order valence-corrected chi connectivity index (χ2v) is 4.66. The average molecular weight is 320 g/mol. The topological polar surface area (TPSA) is 92.8 Å². The third-order valence-corrected chi connectivity index (χ3v) is 3.09. The van der Waals surface area contributed by atoms with Gasteiger partial charge in [-0.25, -0.2) is 9.59 Å². The van der Waals surface area contributed by atoms with Gasteiger partial charge in [0.05, 0.1) is 0 Å². The van der Waals surface area contributed by atoms with E-state index in [0.29, 0.717) is 0 Å². The number of carbonyl (C=O) groups excluding carboxylic acids is 2. The van der Waals surface area contributed by atoms with Crippen LogP contribution in [0.4, 0.5) is 9.59 Å². The molecule has 1 N–H and O–H groups in total. The summed E-state index contributed by atoms with van der Waals surface area (Å²) >= 11 is 0. The van der Waals surface area contributed by atoms with Crippen LogP contribution in [0.5, 0.6) is 0 Å². The van der Waals surface area contributed by atoms with Crippen molar-refractivity contribution >= 4 is 12.1 Å². The molecule has 0 radical (unpaired) electrons. The SMILES string of the molecule is COC.COCN1C(=O)N(COC)C2C1NC(=O)N2COC. The molecule has 128 valence electrons. The number of hydrogen-bond donors (Lipinski definition) is 1. The van der Waals surface area contributed by atoms with Gasteiger partial charge in [0, 0.05) is 35.5 Å². The van der Waals surface area contributed by atoms with Gasteiger partial charge in [-0.3, -0.25) is 14.7 Å². The summed E-state index contributed by atoms with van der Waals surface area (Å²) in [6.07, 6.45) is -0.930. The fourth-order valence-corrected chi connectivity index (χ4v) is 2.37. The summed E-state index contributed by atoms with van der Waals surface area (Å²) in [7, 11) is 7.72. The molecule has 2 saturated heterocycles. The summed E-state index contributed by atoms with van der Waals surface area (Å²) in [4.78, 5) is 28.4. The molecule has 2 heterocycles. The molecule has 0 aromatic rings. The summed E-state index contributed by atoms with van der Waals surface area (Å²) in [5.74, 6) is 0. The molecule has 2 atom stereocenters. The molecule has 2 aliphatic heterocycles. The quantitative estimate of drug-likeness (QED) is 0.708. The van der Waals surface area contributed by atoms with Gasteiger partial charge in [0.15, 0.2) is 6.17 Å². The van der Waals surface area contributed by atoms with Gasteiger partial charge >= 0.3 is 12.1 Å². The molecule has 2 unspecified atom stereocenters. The summed E-state index contributed by atoms with van der Waals surface area (Å²) in [5.41, 5.74) is 0. The number of urea groups is 2. The minimum Gasteiger partial charge on any atom is -0.388 e. The number of hydrogen-bond acceptors (Lipinski definition) is 6. The second kappa shape index (κ2) is 8.73. The van der Waals surface area contributed by atoms with Crippen LogP contribution in [0.25, 0.3) is 0 Å². The lowest BCUT2D eigenvalue weighted by atomic mass is 10.4. The summed E-state index contributed by atoms with van der Waals surface area (Å²) in [6.45, 7) is 0.290. The number of amides is 4. The molecule has 2 aliphatic rings. The molecular formula is C12H24N4O6. The molecule has 0 saturated carbocycles. The van der Waals surface area contributed by atoms with Gasteiger partial charge in [-0.15, -0.1) is 0 Å². The maximum Gasteiger partial charge on any atom is 0.327 e. The standard InChI is InChI=1S/C10H18N4O5.C2H6O/c1-17-4-12-7-8(14(6-19-3)10(12)16)13(5-18-2)9(15)11-7;1-3-2/h7-8H,4-6H2,1-3H3,(H,11,15);1-2H3. The number of nitrogens with one attached hydrogen (secondary N) is 1. The van der Waals surface area contributed by atoms with E-state index in [2.05, 4.69) is 10.1 Å². The highest BCUT2D eigenvalue weighted by atomic mass is 16.5. The Balaban J connectivity index is 0.000000745. The molecule has 2 rings (SSSR count). The smallest absolute Gasteiger partial charge is 0.327 e. The van der Waals surface area contributed by atoms with Crippen molar-refractivity contribution in [2.45, 2.75) is 12.3 Å². The van der Waals surface area contributed by atoms with Crippen LogP contribution in [0.15, 0.2) is 0 Å². The van der Waals surface area contributed by atoms with E-state index in [0.717, 1.165) is 0 Å². The van der Waals surface area contributed by atoms with Crippen molar-refractivity contribution in [3.05, 3.63) is 0 Å². The zero-order chi connectivity index (χ0) is 16.7. The van der Waals surface area contributed by atoms with Crippen molar-refractivity contribution in [3.63, 3.8) is 0 Å². The Bertz CT molecular complexity index is 379. The number of carbonyl (C=O) groups is 2. The van der Waals surface area contributed by atoms with E-state index in [4.69, 9.17) is 14.2 Å². The van der Waals surface area contributed by atoms with Gasteiger partial charge in [-0.2, -0.15) is 0 Å². The van der Waals surface area contributed by atoms with Gasteiger partial charge in [0.1, 0.15) is 26.4 Å². The Morgan fingerprint density at radius 2 is 1.32 bits per heavy atom. The molecule has 10 nitrogen and oxygen atoms in total. The molecule has 2 fully saturated rings. The van der Waals surface area contributed by atoms with Crippen LogP contribution in [-0.4, -0.2) is 94.8 Å². The molecule has 0 spiro atoms. The highest BCUT2D eigenvalue weighted by molar-refractivity contribution is 5.84. The van der Waals surface area contributed by atoms with E-state index in [1.807, 2.05) is 0 Å². The number of ether oxygens (including phenoxy) is 4. The Labute approximate surface area is 129 Å². The van der Waals surface area contributed by atoms with Crippen LogP contribution in [-0.2, 0) is 18.9 Å². The van der Waals surface area contributed by atoms with E-state index >= 15 is 0 Å². The van der Waals surface area contributed by atoms with Gasteiger partial charge in [0.2, 0.25) is 0 Å². The maximum atomic E-state index is 12.2. The number of rotatable bonds is 6. The van der Waals surface area contributed by atoms with Crippen molar-refractivity contribution in [2.75, 3.05) is 55.7 Å². The predicted molar refractivity (Wildman–Crippen MR) is 75.6 cm³/mol. The average Bonchev–Trinajstić information content (AvgIpc) is 2.91. The Hall–Kier alpha value is -1.62. The Morgan fingerprint density at radius 3 is 1.82 bits per heavy atom. The van der Waals surface area contributed by atoms with Gasteiger partial charge in [-0.1, -0.05) is 0 Å². The second-order valence-electron chi connectivity index (χ2n) is 4.66. The van der Waals surface area contributed by atoms with Crippen molar-refractivity contribution in [1.29, 1.82) is 0 Å². The first-order valence-electron chi connectivity index (χ1n) is 6.58. The fraction of sp³-hybridized carbons (Fsp3) is 0.833. The number of nitrogens with zero attached hydrogens (tertiary/aromatic N) is 3. The van der Waals surface area contributed by atoms with Crippen molar-refractivity contribution in [3.8, 4) is 0 Å². The Kier molecular flexibility index (Phi) is 7.32. The molecular weight excluding hydrogens is 296 g/mol. The summed E-state index contributed by atoms with van der Waals surface area (Å²) in [6, 6.07) is -0.536. The normalized spacial score (nSPS) is 23.4. The van der Waals surface area contributed by atoms with Crippen LogP contribution in [0.1, 0.15) is 0 Å². The summed E-state index contributed by atoms with van der Waals surface area (Å²) < 4.78 is 19.3. The van der Waals surface area contributed by atoms with Gasteiger partial charge in [-0.05, 0) is 0 Å².